The molecule has 3 aromatic heterocycles. The van der Waals surface area contributed by atoms with Crippen LogP contribution in [0.5, 0.6) is 0 Å². The Kier molecular flexibility index (Phi) is 6.17. The molecule has 0 aliphatic rings. The zero-order chi connectivity index (χ0) is 25.4. The molecule has 3 N–H and O–H groups in total. The Morgan fingerprint density at radius 2 is 1.69 bits per heavy atom. The van der Waals surface area contributed by atoms with Crippen molar-refractivity contribution in [1.82, 2.24) is 15.0 Å². The Morgan fingerprint density at radius 1 is 0.972 bits per heavy atom. The summed E-state index contributed by atoms with van der Waals surface area (Å²) in [5, 5.41) is 1.31. The van der Waals surface area contributed by atoms with Crippen LogP contribution in [0.15, 0.2) is 77.8 Å². The van der Waals surface area contributed by atoms with Crippen LogP contribution in [-0.4, -0.2) is 29.2 Å². The molecule has 0 radical (unpaired) electrons. The van der Waals surface area contributed by atoms with Gasteiger partial charge in [-0.2, -0.15) is 0 Å². The van der Waals surface area contributed by atoms with Crippen LogP contribution in [0.4, 0.5) is 11.6 Å². The highest BCUT2D eigenvalue weighted by Gasteiger charge is 2.21. The number of benzene rings is 2. The number of fused-ring (bicyclic) bond motifs is 1. The molecule has 0 saturated heterocycles. The Hall–Kier alpha value is -3.86. The SMILES string of the molecule is Cc1ccnc(NS(=O)(=O)c2ccc(C(=O)c3sc4nc(-c5ccc(Cl)cc5)ccc4c3N)cc2)n1. The van der Waals surface area contributed by atoms with Gasteiger partial charge in [0, 0.05) is 33.4 Å². The summed E-state index contributed by atoms with van der Waals surface area (Å²) < 4.78 is 27.7. The second-order valence-corrected chi connectivity index (χ2v) is 11.0. The summed E-state index contributed by atoms with van der Waals surface area (Å²) in [7, 11) is -3.93. The Balaban J connectivity index is 1.42. The third-order valence-corrected chi connectivity index (χ3v) is 8.10. The highest BCUT2D eigenvalue weighted by atomic mass is 35.5. The lowest BCUT2D eigenvalue weighted by molar-refractivity contribution is 0.104. The van der Waals surface area contributed by atoms with Gasteiger partial charge in [0.05, 0.1) is 16.3 Å². The fraction of sp³-hybridized carbons (Fsp3) is 0.0400. The number of nitrogens with zero attached hydrogens (tertiary/aromatic N) is 3. The van der Waals surface area contributed by atoms with Gasteiger partial charge in [0.2, 0.25) is 11.7 Å². The molecule has 180 valence electrons. The van der Waals surface area contributed by atoms with Crippen molar-refractivity contribution in [2.75, 3.05) is 10.5 Å². The summed E-state index contributed by atoms with van der Waals surface area (Å²) in [5.41, 5.74) is 9.19. The monoisotopic (exact) mass is 535 g/mol. The van der Waals surface area contributed by atoms with Gasteiger partial charge in [-0.05, 0) is 61.5 Å². The molecule has 3 heterocycles. The minimum absolute atomic E-state index is 0.0252. The van der Waals surface area contributed by atoms with Gasteiger partial charge in [0.15, 0.2) is 0 Å². The van der Waals surface area contributed by atoms with Crippen molar-refractivity contribution in [2.45, 2.75) is 11.8 Å². The van der Waals surface area contributed by atoms with Crippen LogP contribution >= 0.6 is 22.9 Å². The van der Waals surface area contributed by atoms with Gasteiger partial charge in [0.1, 0.15) is 9.71 Å². The Labute approximate surface area is 215 Å². The van der Waals surface area contributed by atoms with Gasteiger partial charge >= 0.3 is 0 Å². The normalized spacial score (nSPS) is 11.5. The highest BCUT2D eigenvalue weighted by Crippen LogP contribution is 2.35. The first kappa shape index (κ1) is 23.9. The number of sulfonamides is 1. The van der Waals surface area contributed by atoms with Gasteiger partial charge in [0.25, 0.3) is 10.0 Å². The van der Waals surface area contributed by atoms with Crippen LogP contribution in [0.1, 0.15) is 20.9 Å². The molecule has 0 unspecified atom stereocenters. The minimum atomic E-state index is -3.93. The molecule has 8 nitrogen and oxygen atoms in total. The molecule has 0 aliphatic heterocycles. The van der Waals surface area contributed by atoms with Crippen molar-refractivity contribution in [3.63, 3.8) is 0 Å². The zero-order valence-electron chi connectivity index (χ0n) is 18.8. The molecule has 36 heavy (non-hydrogen) atoms. The van der Waals surface area contributed by atoms with E-state index in [0.29, 0.717) is 37.1 Å². The zero-order valence-corrected chi connectivity index (χ0v) is 21.2. The highest BCUT2D eigenvalue weighted by molar-refractivity contribution is 7.92. The number of nitrogens with one attached hydrogen (secondary N) is 1. The van der Waals surface area contributed by atoms with Crippen molar-refractivity contribution in [3.8, 4) is 11.3 Å². The fourth-order valence-electron chi connectivity index (χ4n) is 3.54. The molecule has 5 aromatic rings. The lowest BCUT2D eigenvalue weighted by Crippen LogP contribution is -2.15. The molecule has 0 saturated carbocycles. The van der Waals surface area contributed by atoms with E-state index in [9.17, 15) is 13.2 Å². The number of hydrogen-bond acceptors (Lipinski definition) is 8. The van der Waals surface area contributed by atoms with E-state index in [2.05, 4.69) is 19.7 Å². The lowest BCUT2D eigenvalue weighted by atomic mass is 10.1. The van der Waals surface area contributed by atoms with Gasteiger partial charge in [-0.1, -0.05) is 23.7 Å². The number of aromatic nitrogens is 3. The van der Waals surface area contributed by atoms with E-state index in [1.165, 1.54) is 41.8 Å². The first-order valence-electron chi connectivity index (χ1n) is 10.6. The van der Waals surface area contributed by atoms with Crippen molar-refractivity contribution in [3.05, 3.63) is 94.1 Å². The Morgan fingerprint density at radius 3 is 2.39 bits per heavy atom. The largest absolute Gasteiger partial charge is 0.397 e. The number of nitrogen functional groups attached to an aromatic ring is 1. The van der Waals surface area contributed by atoms with E-state index in [-0.39, 0.29) is 16.6 Å². The molecule has 0 fully saturated rings. The molecule has 2 aromatic carbocycles. The fourth-order valence-corrected chi connectivity index (χ4v) is 5.67. The standard InChI is InChI=1S/C25H18ClN5O3S2/c1-14-12-13-28-25(29-14)31-36(33,34)18-8-4-16(5-9-18)22(32)23-21(27)19-10-11-20(30-24(19)35-23)15-2-6-17(26)7-3-15/h2-13H,27H2,1H3,(H,28,29,31). The van der Waals surface area contributed by atoms with Gasteiger partial charge in [-0.3, -0.25) is 4.79 Å². The topological polar surface area (TPSA) is 128 Å². The maximum Gasteiger partial charge on any atom is 0.264 e. The molecule has 0 spiro atoms. The number of anilines is 2. The summed E-state index contributed by atoms with van der Waals surface area (Å²) in [6.45, 7) is 1.73. The second-order valence-electron chi connectivity index (χ2n) is 7.88. The van der Waals surface area contributed by atoms with Crippen molar-refractivity contribution in [1.29, 1.82) is 0 Å². The molecule has 0 aliphatic carbocycles. The van der Waals surface area contributed by atoms with Crippen LogP contribution in [-0.2, 0) is 10.0 Å². The number of aryl methyl sites for hydroxylation is 1. The summed E-state index contributed by atoms with van der Waals surface area (Å²) in [6, 6.07) is 18.3. The third kappa shape index (κ3) is 4.66. The predicted molar refractivity (Wildman–Crippen MR) is 142 cm³/mol. The number of rotatable bonds is 6. The number of nitrogens with two attached hydrogens (primary N) is 1. The van der Waals surface area contributed by atoms with E-state index in [4.69, 9.17) is 17.3 Å². The van der Waals surface area contributed by atoms with E-state index >= 15 is 0 Å². The number of pyridine rings is 1. The van der Waals surface area contributed by atoms with E-state index in [0.717, 1.165) is 11.3 Å². The number of carbonyl (C=O) groups excluding carboxylic acids is 1. The molecule has 11 heteroatoms. The number of hydrogen-bond donors (Lipinski definition) is 2. The average molecular weight is 536 g/mol. The summed E-state index contributed by atoms with van der Waals surface area (Å²) in [5.74, 6) is -0.346. The maximum atomic E-state index is 13.2. The van der Waals surface area contributed by atoms with E-state index < -0.39 is 10.0 Å². The van der Waals surface area contributed by atoms with Gasteiger partial charge in [-0.15, -0.1) is 11.3 Å². The van der Waals surface area contributed by atoms with Crippen molar-refractivity contribution in [2.24, 2.45) is 0 Å². The number of thiophene rings is 1. The first-order valence-corrected chi connectivity index (χ1v) is 13.3. The smallest absolute Gasteiger partial charge is 0.264 e. The maximum absolute atomic E-state index is 13.2. The molecule has 0 atom stereocenters. The summed E-state index contributed by atoms with van der Waals surface area (Å²) in [4.78, 5) is 26.8. The van der Waals surface area contributed by atoms with Crippen LogP contribution < -0.4 is 10.5 Å². The number of carbonyl (C=O) groups is 1. The second kappa shape index (κ2) is 9.30. The van der Waals surface area contributed by atoms with E-state index in [1.54, 1.807) is 25.1 Å². The quantitative estimate of drug-likeness (QED) is 0.281. The summed E-state index contributed by atoms with van der Waals surface area (Å²) in [6.07, 6.45) is 1.46. The van der Waals surface area contributed by atoms with Crippen LogP contribution in [0, 0.1) is 6.92 Å². The lowest BCUT2D eigenvalue weighted by Gasteiger charge is -2.07. The van der Waals surface area contributed by atoms with Crippen LogP contribution in [0.25, 0.3) is 21.5 Å². The van der Waals surface area contributed by atoms with Gasteiger partial charge < -0.3 is 5.73 Å². The first-order chi connectivity index (χ1) is 17.2. The number of ketones is 1. The summed E-state index contributed by atoms with van der Waals surface area (Å²) >= 11 is 7.17. The van der Waals surface area contributed by atoms with Crippen molar-refractivity contribution >= 4 is 60.6 Å². The molecule has 0 amide bonds. The minimum Gasteiger partial charge on any atom is -0.397 e. The number of halogens is 1. The Bertz CT molecular complexity index is 1720. The van der Waals surface area contributed by atoms with Crippen LogP contribution in [0.2, 0.25) is 5.02 Å². The van der Waals surface area contributed by atoms with E-state index in [1.807, 2.05) is 24.3 Å². The molecular weight excluding hydrogens is 518 g/mol. The molecular formula is C25H18ClN5O3S2. The molecule has 5 rings (SSSR count). The van der Waals surface area contributed by atoms with Crippen LogP contribution in [0.3, 0.4) is 0 Å². The predicted octanol–water partition coefficient (Wildman–Crippen LogP) is 5.33. The average Bonchev–Trinajstić information content (AvgIpc) is 3.19. The van der Waals surface area contributed by atoms with Gasteiger partial charge in [-0.25, -0.2) is 28.1 Å². The third-order valence-electron chi connectivity index (χ3n) is 5.39. The van der Waals surface area contributed by atoms with Crippen molar-refractivity contribution < 1.29 is 13.2 Å². The molecule has 0 bridgehead atoms.